The predicted molar refractivity (Wildman–Crippen MR) is 86.1 cm³/mol. The Morgan fingerprint density at radius 2 is 1.28 bits per heavy atom. The molecule has 0 radical (unpaired) electrons. The molecule has 1 rings (SSSR count). The lowest BCUT2D eigenvalue weighted by molar-refractivity contribution is 0.589. The molecular formula is C15H24Cl2Si. The summed E-state index contributed by atoms with van der Waals surface area (Å²) in [5, 5.41) is 0. The van der Waals surface area contributed by atoms with Crippen LogP contribution in [0.1, 0.15) is 50.5 Å². The van der Waals surface area contributed by atoms with Crippen LogP contribution in [0.2, 0.25) is 6.04 Å². The lowest BCUT2D eigenvalue weighted by Gasteiger charge is -2.03. The van der Waals surface area contributed by atoms with Gasteiger partial charge in [-0.25, -0.2) is 0 Å². The molecule has 0 aliphatic heterocycles. The molecule has 0 aliphatic carbocycles. The third-order valence-electron chi connectivity index (χ3n) is 3.23. The fourth-order valence-electron chi connectivity index (χ4n) is 2.16. The Balaban J connectivity index is 1.84. The van der Waals surface area contributed by atoms with Gasteiger partial charge in [-0.15, -0.1) is 0 Å². The second-order valence-electron chi connectivity index (χ2n) is 4.89. The first-order valence-corrected chi connectivity index (χ1v) is 11.4. The molecule has 0 unspecified atom stereocenters. The van der Waals surface area contributed by atoms with E-state index in [1.165, 1.54) is 56.9 Å². The van der Waals surface area contributed by atoms with Crippen LogP contribution in [0.3, 0.4) is 0 Å². The van der Waals surface area contributed by atoms with Crippen molar-refractivity contribution in [2.75, 3.05) is 0 Å². The Morgan fingerprint density at radius 3 is 1.89 bits per heavy atom. The number of halogens is 2. The highest BCUT2D eigenvalue weighted by Crippen LogP contribution is 2.13. The van der Waals surface area contributed by atoms with Crippen LogP contribution in [0, 0.1) is 0 Å². The summed E-state index contributed by atoms with van der Waals surface area (Å²) in [6.07, 6.45) is 10.5. The van der Waals surface area contributed by atoms with Gasteiger partial charge < -0.3 is 0 Å². The monoisotopic (exact) mass is 302 g/mol. The Bertz CT molecular complexity index is 288. The van der Waals surface area contributed by atoms with E-state index in [-0.39, 0.29) is 0 Å². The first kappa shape index (κ1) is 16.1. The molecule has 0 atom stereocenters. The highest BCUT2D eigenvalue weighted by Gasteiger charge is 2.00. The van der Waals surface area contributed by atoms with Crippen LogP contribution < -0.4 is 0 Å². The second kappa shape index (κ2) is 10.9. The normalized spacial score (nSPS) is 11.1. The minimum atomic E-state index is -1.33. The third-order valence-corrected chi connectivity index (χ3v) is 5.38. The molecule has 0 heterocycles. The molecule has 0 fully saturated rings. The van der Waals surface area contributed by atoms with Crippen molar-refractivity contribution in [1.82, 2.24) is 0 Å². The van der Waals surface area contributed by atoms with Crippen LogP contribution in [-0.2, 0) is 6.42 Å². The Kier molecular flexibility index (Phi) is 9.73. The van der Waals surface area contributed by atoms with Gasteiger partial charge in [0.15, 0.2) is 0 Å². The van der Waals surface area contributed by atoms with E-state index in [2.05, 4.69) is 30.3 Å². The summed E-state index contributed by atoms with van der Waals surface area (Å²) in [5.74, 6) is 0. The highest BCUT2D eigenvalue weighted by atomic mass is 35.7. The van der Waals surface area contributed by atoms with Gasteiger partial charge in [0.25, 0.3) is 0 Å². The van der Waals surface area contributed by atoms with Crippen LogP contribution in [-0.4, -0.2) is 7.42 Å². The molecule has 0 aromatic heterocycles. The second-order valence-corrected chi connectivity index (χ2v) is 10.1. The number of hydrogen-bond acceptors (Lipinski definition) is 0. The topological polar surface area (TPSA) is 0 Å². The number of hydrogen-bond donors (Lipinski definition) is 0. The van der Waals surface area contributed by atoms with Crippen molar-refractivity contribution in [1.29, 1.82) is 0 Å². The van der Waals surface area contributed by atoms with Crippen LogP contribution in [0.4, 0.5) is 0 Å². The quantitative estimate of drug-likeness (QED) is 0.297. The molecule has 0 aliphatic rings. The Morgan fingerprint density at radius 1 is 0.722 bits per heavy atom. The Labute approximate surface area is 123 Å². The van der Waals surface area contributed by atoms with Gasteiger partial charge in [0, 0.05) is 0 Å². The van der Waals surface area contributed by atoms with Gasteiger partial charge in [-0.2, -0.15) is 22.2 Å². The number of aryl methyl sites for hydroxylation is 1. The fourth-order valence-corrected chi connectivity index (χ4v) is 3.68. The summed E-state index contributed by atoms with van der Waals surface area (Å²) in [5.41, 5.74) is 1.47. The van der Waals surface area contributed by atoms with E-state index in [4.69, 9.17) is 22.2 Å². The van der Waals surface area contributed by atoms with Crippen molar-refractivity contribution in [3.8, 4) is 0 Å². The summed E-state index contributed by atoms with van der Waals surface area (Å²) in [6.45, 7) is 0. The zero-order chi connectivity index (χ0) is 13.1. The molecule has 0 amide bonds. The molecule has 102 valence electrons. The van der Waals surface area contributed by atoms with E-state index in [0.717, 1.165) is 6.04 Å². The van der Waals surface area contributed by atoms with Crippen molar-refractivity contribution in [2.45, 2.75) is 57.4 Å². The lowest BCUT2D eigenvalue weighted by atomic mass is 10.0. The predicted octanol–water partition coefficient (Wildman–Crippen LogP) is 5.66. The van der Waals surface area contributed by atoms with E-state index >= 15 is 0 Å². The molecule has 0 saturated heterocycles. The van der Waals surface area contributed by atoms with Crippen LogP contribution >= 0.6 is 22.2 Å². The highest BCUT2D eigenvalue weighted by molar-refractivity contribution is 7.33. The lowest BCUT2D eigenvalue weighted by Crippen LogP contribution is -1.91. The third kappa shape index (κ3) is 9.01. The van der Waals surface area contributed by atoms with Crippen LogP contribution in [0.25, 0.3) is 0 Å². The van der Waals surface area contributed by atoms with Gasteiger partial charge in [-0.1, -0.05) is 68.9 Å². The summed E-state index contributed by atoms with van der Waals surface area (Å²) < 4.78 is 0. The van der Waals surface area contributed by atoms with E-state index in [1.54, 1.807) is 0 Å². The van der Waals surface area contributed by atoms with Gasteiger partial charge in [-0.3, -0.25) is 0 Å². The van der Waals surface area contributed by atoms with Crippen LogP contribution in [0.15, 0.2) is 30.3 Å². The summed E-state index contributed by atoms with van der Waals surface area (Å²) in [6, 6.07) is 11.9. The SMILES string of the molecule is Cl[SiH](Cl)CCCCCCCCCc1ccccc1. The van der Waals surface area contributed by atoms with E-state index in [9.17, 15) is 0 Å². The molecule has 0 nitrogen and oxygen atoms in total. The van der Waals surface area contributed by atoms with Crippen molar-refractivity contribution < 1.29 is 0 Å². The van der Waals surface area contributed by atoms with Gasteiger partial charge in [0.05, 0.1) is 0 Å². The molecule has 1 aromatic rings. The number of benzene rings is 1. The Hall–Kier alpha value is 0.0169. The van der Waals surface area contributed by atoms with Crippen molar-refractivity contribution in [3.05, 3.63) is 35.9 Å². The average molecular weight is 303 g/mol. The van der Waals surface area contributed by atoms with Gasteiger partial charge >= 0.3 is 0 Å². The first-order chi connectivity index (χ1) is 8.79. The van der Waals surface area contributed by atoms with E-state index in [0.29, 0.717) is 0 Å². The number of unbranched alkanes of at least 4 members (excludes halogenated alkanes) is 6. The summed E-state index contributed by atoms with van der Waals surface area (Å²) in [4.78, 5) is 0. The van der Waals surface area contributed by atoms with Crippen molar-refractivity contribution in [3.63, 3.8) is 0 Å². The maximum atomic E-state index is 5.82. The molecule has 0 saturated carbocycles. The zero-order valence-corrected chi connectivity index (χ0v) is 13.8. The van der Waals surface area contributed by atoms with Crippen molar-refractivity contribution >= 4 is 29.6 Å². The molecule has 0 spiro atoms. The van der Waals surface area contributed by atoms with Gasteiger partial charge in [0.2, 0.25) is 7.42 Å². The van der Waals surface area contributed by atoms with Gasteiger partial charge in [0.1, 0.15) is 0 Å². The minimum absolute atomic E-state index is 1.08. The molecule has 18 heavy (non-hydrogen) atoms. The molecule has 3 heteroatoms. The van der Waals surface area contributed by atoms with E-state index < -0.39 is 7.42 Å². The van der Waals surface area contributed by atoms with E-state index in [1.807, 2.05) is 0 Å². The smallest absolute Gasteiger partial charge is 0.150 e. The van der Waals surface area contributed by atoms with Gasteiger partial charge in [-0.05, 0) is 24.4 Å². The standard InChI is InChI=1S/C15H24Cl2Si/c16-18(17)14-10-5-3-1-2-4-7-11-15-12-8-6-9-13-15/h6,8-9,12-13,18H,1-5,7,10-11,14H2. The first-order valence-electron chi connectivity index (χ1n) is 7.11. The maximum Gasteiger partial charge on any atom is 0.237 e. The number of rotatable bonds is 10. The molecule has 0 N–H and O–H groups in total. The zero-order valence-electron chi connectivity index (χ0n) is 11.1. The minimum Gasteiger partial charge on any atom is -0.150 e. The summed E-state index contributed by atoms with van der Waals surface area (Å²) in [7, 11) is -1.33. The largest absolute Gasteiger partial charge is 0.237 e. The van der Waals surface area contributed by atoms with Crippen molar-refractivity contribution in [2.24, 2.45) is 0 Å². The molecule has 1 aromatic carbocycles. The maximum absolute atomic E-state index is 5.82. The molecular weight excluding hydrogens is 279 g/mol. The fraction of sp³-hybridized carbons (Fsp3) is 0.600. The summed E-state index contributed by atoms with van der Waals surface area (Å²) >= 11 is 11.6. The average Bonchev–Trinajstić information content (AvgIpc) is 2.37. The van der Waals surface area contributed by atoms with Crippen LogP contribution in [0.5, 0.6) is 0 Å². The molecule has 0 bridgehead atoms.